The van der Waals surface area contributed by atoms with Crippen LogP contribution < -0.4 is 0 Å². The zero-order valence-corrected chi connectivity index (χ0v) is 17.6. The largest absolute Gasteiger partial charge is 0.464 e. The minimum atomic E-state index is -0.816. The van der Waals surface area contributed by atoms with Crippen molar-refractivity contribution < 1.29 is 18.7 Å². The number of nitrogens with zero attached hydrogens (tertiary/aromatic N) is 3. The Labute approximate surface area is 171 Å². The second-order valence-electron chi connectivity index (χ2n) is 6.99. The van der Waals surface area contributed by atoms with Crippen LogP contribution >= 0.6 is 0 Å². The lowest BCUT2D eigenvalue weighted by molar-refractivity contribution is -0.148. The Bertz CT molecular complexity index is 959. The van der Waals surface area contributed by atoms with Crippen molar-refractivity contribution in [2.24, 2.45) is 0 Å². The number of amides is 1. The molecule has 29 heavy (non-hydrogen) atoms. The van der Waals surface area contributed by atoms with Crippen LogP contribution in [0.4, 0.5) is 0 Å². The van der Waals surface area contributed by atoms with Crippen LogP contribution in [0, 0.1) is 32.1 Å². The van der Waals surface area contributed by atoms with Crippen LogP contribution in [0.5, 0.6) is 0 Å². The Balaban J connectivity index is 2.01. The van der Waals surface area contributed by atoms with Crippen LogP contribution in [0.2, 0.25) is 0 Å². The highest BCUT2D eigenvalue weighted by Gasteiger charge is 2.17. The number of esters is 1. The van der Waals surface area contributed by atoms with E-state index in [1.807, 2.05) is 39.0 Å². The zero-order chi connectivity index (χ0) is 21.6. The number of carbonyl (C=O) groups is 2. The van der Waals surface area contributed by atoms with Crippen LogP contribution in [0.3, 0.4) is 0 Å². The van der Waals surface area contributed by atoms with Gasteiger partial charge in [-0.2, -0.15) is 5.26 Å². The van der Waals surface area contributed by atoms with Crippen molar-refractivity contribution in [2.75, 3.05) is 13.7 Å². The maximum absolute atomic E-state index is 12.3. The Kier molecular flexibility index (Phi) is 7.43. The average molecular weight is 397 g/mol. The van der Waals surface area contributed by atoms with Gasteiger partial charge in [-0.05, 0) is 57.0 Å². The quantitative estimate of drug-likeness (QED) is 0.386. The number of furan rings is 1. The fourth-order valence-electron chi connectivity index (χ4n) is 3.04. The molecule has 0 aliphatic carbocycles. The molecular weight excluding hydrogens is 370 g/mol. The standard InChI is InChI=1S/C22H27N3O4/c1-6-9-25-15(2)10-18(17(25)4)11-19(12-23)22(27)28-14-21(26)24(5)13-20-8-7-16(3)29-20/h7-8,10-11H,6,9,13-14H2,1-5H3/b19-11+. The van der Waals surface area contributed by atoms with Crippen LogP contribution in [0.25, 0.3) is 6.08 Å². The summed E-state index contributed by atoms with van der Waals surface area (Å²) in [7, 11) is 1.59. The molecule has 2 aromatic rings. The SMILES string of the molecule is CCCn1c(C)cc(/C=C(\C#N)C(=O)OCC(=O)N(C)Cc2ccc(C)o2)c1C. The molecular formula is C22H27N3O4. The molecule has 2 heterocycles. The molecule has 0 N–H and O–H groups in total. The molecule has 1 amide bonds. The summed E-state index contributed by atoms with van der Waals surface area (Å²) in [6.45, 7) is 8.55. The predicted octanol–water partition coefficient (Wildman–Crippen LogP) is 3.53. The molecule has 0 bridgehead atoms. The predicted molar refractivity (Wildman–Crippen MR) is 109 cm³/mol. The van der Waals surface area contributed by atoms with Crippen molar-refractivity contribution in [1.82, 2.24) is 9.47 Å². The second-order valence-corrected chi connectivity index (χ2v) is 6.99. The number of hydrogen-bond donors (Lipinski definition) is 0. The van der Waals surface area contributed by atoms with Crippen molar-refractivity contribution in [3.8, 4) is 6.07 Å². The summed E-state index contributed by atoms with van der Waals surface area (Å²) in [5.41, 5.74) is 2.70. The Morgan fingerprint density at radius 1 is 1.31 bits per heavy atom. The first kappa shape index (κ1) is 22.0. The average Bonchev–Trinajstić information content (AvgIpc) is 3.21. The molecule has 0 radical (unpaired) electrons. The van der Waals surface area contributed by atoms with Gasteiger partial charge in [0.05, 0.1) is 6.54 Å². The molecule has 7 nitrogen and oxygen atoms in total. The lowest BCUT2D eigenvalue weighted by Gasteiger charge is -2.15. The molecule has 2 aromatic heterocycles. The van der Waals surface area contributed by atoms with Gasteiger partial charge in [0, 0.05) is 25.0 Å². The number of ether oxygens (including phenoxy) is 1. The van der Waals surface area contributed by atoms with Crippen molar-refractivity contribution in [3.05, 3.63) is 52.2 Å². The van der Waals surface area contributed by atoms with E-state index < -0.39 is 12.6 Å². The highest BCUT2D eigenvalue weighted by molar-refractivity contribution is 5.99. The van der Waals surface area contributed by atoms with Gasteiger partial charge in [0.1, 0.15) is 23.2 Å². The molecule has 0 aromatic carbocycles. The Morgan fingerprint density at radius 2 is 2.03 bits per heavy atom. The zero-order valence-electron chi connectivity index (χ0n) is 17.6. The van der Waals surface area contributed by atoms with E-state index in [0.29, 0.717) is 5.76 Å². The minimum absolute atomic E-state index is 0.140. The second kappa shape index (κ2) is 9.78. The van der Waals surface area contributed by atoms with Crippen LogP contribution in [0.15, 0.2) is 28.2 Å². The summed E-state index contributed by atoms with van der Waals surface area (Å²) < 4.78 is 12.6. The molecule has 0 atom stereocenters. The molecule has 0 aliphatic rings. The summed E-state index contributed by atoms with van der Waals surface area (Å²) in [5.74, 6) is 0.202. The minimum Gasteiger partial charge on any atom is -0.464 e. The molecule has 0 fully saturated rings. The first-order valence-electron chi connectivity index (χ1n) is 9.51. The molecule has 2 rings (SSSR count). The molecule has 0 saturated heterocycles. The van der Waals surface area contributed by atoms with E-state index in [1.54, 1.807) is 13.1 Å². The van der Waals surface area contributed by atoms with Crippen LogP contribution in [-0.2, 0) is 27.4 Å². The van der Waals surface area contributed by atoms with E-state index in [1.165, 1.54) is 11.0 Å². The van der Waals surface area contributed by atoms with E-state index in [4.69, 9.17) is 9.15 Å². The normalized spacial score (nSPS) is 11.2. The monoisotopic (exact) mass is 397 g/mol. The molecule has 7 heteroatoms. The van der Waals surface area contributed by atoms with Crippen molar-refractivity contribution in [1.29, 1.82) is 5.26 Å². The molecule has 154 valence electrons. The van der Waals surface area contributed by atoms with Gasteiger partial charge in [-0.15, -0.1) is 0 Å². The molecule has 0 saturated carbocycles. The number of rotatable bonds is 8. The lowest BCUT2D eigenvalue weighted by Crippen LogP contribution is -2.30. The maximum Gasteiger partial charge on any atom is 0.349 e. The Morgan fingerprint density at radius 3 is 2.62 bits per heavy atom. The number of nitriles is 1. The molecule has 0 aliphatic heterocycles. The smallest absolute Gasteiger partial charge is 0.349 e. The molecule has 0 spiro atoms. The summed E-state index contributed by atoms with van der Waals surface area (Å²) in [6, 6.07) is 7.40. The highest BCUT2D eigenvalue weighted by atomic mass is 16.5. The number of carbonyl (C=O) groups excluding carboxylic acids is 2. The third kappa shape index (κ3) is 5.61. The third-order valence-corrected chi connectivity index (χ3v) is 4.64. The first-order valence-corrected chi connectivity index (χ1v) is 9.51. The summed E-state index contributed by atoms with van der Waals surface area (Å²) in [6.07, 6.45) is 2.50. The van der Waals surface area contributed by atoms with Crippen molar-refractivity contribution in [3.63, 3.8) is 0 Å². The van der Waals surface area contributed by atoms with Gasteiger partial charge in [0.25, 0.3) is 5.91 Å². The highest BCUT2D eigenvalue weighted by Crippen LogP contribution is 2.19. The fourth-order valence-corrected chi connectivity index (χ4v) is 3.04. The van der Waals surface area contributed by atoms with Gasteiger partial charge in [0.15, 0.2) is 6.61 Å². The van der Waals surface area contributed by atoms with Gasteiger partial charge in [-0.3, -0.25) is 4.79 Å². The summed E-state index contributed by atoms with van der Waals surface area (Å²) in [4.78, 5) is 25.9. The topological polar surface area (TPSA) is 88.5 Å². The van der Waals surface area contributed by atoms with Crippen molar-refractivity contribution >= 4 is 18.0 Å². The van der Waals surface area contributed by atoms with Gasteiger partial charge < -0.3 is 18.6 Å². The number of hydrogen-bond acceptors (Lipinski definition) is 5. The van der Waals surface area contributed by atoms with Gasteiger partial charge in [0.2, 0.25) is 0 Å². The summed E-state index contributed by atoms with van der Waals surface area (Å²) >= 11 is 0. The summed E-state index contributed by atoms with van der Waals surface area (Å²) in [5, 5.41) is 9.37. The van der Waals surface area contributed by atoms with E-state index in [0.717, 1.165) is 35.7 Å². The first-order chi connectivity index (χ1) is 13.8. The third-order valence-electron chi connectivity index (χ3n) is 4.64. The van der Waals surface area contributed by atoms with E-state index in [-0.39, 0.29) is 18.0 Å². The van der Waals surface area contributed by atoms with Gasteiger partial charge in [-0.25, -0.2) is 4.79 Å². The lowest BCUT2D eigenvalue weighted by atomic mass is 10.1. The fraction of sp³-hybridized carbons (Fsp3) is 0.409. The van der Waals surface area contributed by atoms with Gasteiger partial charge in [-0.1, -0.05) is 6.92 Å². The number of likely N-dealkylation sites (N-methyl/N-ethyl adjacent to an activating group) is 1. The van der Waals surface area contributed by atoms with Crippen LogP contribution in [-0.4, -0.2) is 35.0 Å². The van der Waals surface area contributed by atoms with Crippen molar-refractivity contribution in [2.45, 2.75) is 47.2 Å². The molecule has 0 unspecified atom stereocenters. The van der Waals surface area contributed by atoms with E-state index in [2.05, 4.69) is 11.5 Å². The number of aryl methyl sites for hydroxylation is 2. The van der Waals surface area contributed by atoms with E-state index in [9.17, 15) is 14.9 Å². The number of aromatic nitrogens is 1. The van der Waals surface area contributed by atoms with Gasteiger partial charge >= 0.3 is 5.97 Å². The Hall–Kier alpha value is -3.27. The van der Waals surface area contributed by atoms with E-state index >= 15 is 0 Å². The maximum atomic E-state index is 12.3. The van der Waals surface area contributed by atoms with Crippen LogP contribution in [0.1, 0.15) is 41.8 Å².